The van der Waals surface area contributed by atoms with E-state index in [0.29, 0.717) is 16.3 Å². The van der Waals surface area contributed by atoms with Gasteiger partial charge in [0.05, 0.1) is 27.2 Å². The van der Waals surface area contributed by atoms with Gasteiger partial charge in [0.2, 0.25) is 11.8 Å². The van der Waals surface area contributed by atoms with Crippen LogP contribution >= 0.6 is 35.0 Å². The van der Waals surface area contributed by atoms with Crippen LogP contribution in [-0.2, 0) is 32.6 Å². The summed E-state index contributed by atoms with van der Waals surface area (Å²) >= 11 is 14.0. The predicted molar refractivity (Wildman–Crippen MR) is 195 cm³/mol. The molecule has 0 saturated heterocycles. The highest BCUT2D eigenvalue weighted by Gasteiger charge is 2.35. The van der Waals surface area contributed by atoms with Crippen LogP contribution in [0, 0.1) is 0 Å². The number of hydrogen-bond donors (Lipinski definition) is 1. The molecule has 4 aromatic rings. The largest absolute Gasteiger partial charge is 0.492 e. The first kappa shape index (κ1) is 37.1. The molecule has 12 heteroatoms. The van der Waals surface area contributed by atoms with Crippen molar-refractivity contribution in [2.45, 2.75) is 55.6 Å². The number of hydrogen-bond acceptors (Lipinski definition) is 6. The maximum atomic E-state index is 14.7. The van der Waals surface area contributed by atoms with Gasteiger partial charge in [0.15, 0.2) is 0 Å². The van der Waals surface area contributed by atoms with Crippen molar-refractivity contribution in [2.75, 3.05) is 23.7 Å². The molecule has 0 heterocycles. The molecule has 4 aromatic carbocycles. The van der Waals surface area contributed by atoms with Gasteiger partial charge < -0.3 is 15.0 Å². The smallest absolute Gasteiger partial charge is 0.264 e. The summed E-state index contributed by atoms with van der Waals surface area (Å²) in [6, 6.07) is 26.3. The minimum atomic E-state index is -4.30. The Morgan fingerprint density at radius 3 is 2.17 bits per heavy atom. The van der Waals surface area contributed by atoms with Crippen molar-refractivity contribution in [2.24, 2.45) is 0 Å². The van der Waals surface area contributed by atoms with Crippen LogP contribution in [0.4, 0.5) is 5.69 Å². The summed E-state index contributed by atoms with van der Waals surface area (Å²) in [6.07, 6.45) is 2.08. The summed E-state index contributed by atoms with van der Waals surface area (Å²) in [6.45, 7) is 5.09. The molecule has 0 aliphatic heterocycles. The first-order valence-electron chi connectivity index (χ1n) is 15.4. The number of halogens is 2. The van der Waals surface area contributed by atoms with Gasteiger partial charge in [-0.2, -0.15) is 0 Å². The molecule has 0 spiro atoms. The third-order valence-corrected chi connectivity index (χ3v) is 10.7. The average Bonchev–Trinajstić information content (AvgIpc) is 3.07. The standard InChI is InChI=1S/C36H39Cl2N3O5S2/c1-5-46-34-14-10-9-13-32(34)41(48(44,45)29-18-16-28(47-4)17-19-29)24-35(42)40(23-27-15-20-30(37)31(38)21-27)33(36(43)39-25(2)3)22-26-11-7-6-8-12-26/h6-21,25,33H,5,22-24H2,1-4H3,(H,39,43). The lowest BCUT2D eigenvalue weighted by atomic mass is 10.0. The number of para-hydroxylation sites is 2. The highest BCUT2D eigenvalue weighted by Crippen LogP contribution is 2.34. The van der Waals surface area contributed by atoms with Crippen LogP contribution in [0.25, 0.3) is 0 Å². The maximum Gasteiger partial charge on any atom is 0.264 e. The van der Waals surface area contributed by atoms with Gasteiger partial charge in [-0.15, -0.1) is 11.8 Å². The monoisotopic (exact) mass is 727 g/mol. The molecule has 0 fully saturated rings. The molecular weight excluding hydrogens is 689 g/mol. The second-order valence-corrected chi connectivity index (χ2v) is 14.8. The number of thioether (sulfide) groups is 1. The SMILES string of the molecule is CCOc1ccccc1N(CC(=O)N(Cc1ccc(Cl)c(Cl)c1)C(Cc1ccccc1)C(=O)NC(C)C)S(=O)(=O)c1ccc(SC)cc1. The minimum absolute atomic E-state index is 0.00817. The van der Waals surface area contributed by atoms with Gasteiger partial charge >= 0.3 is 0 Å². The van der Waals surface area contributed by atoms with Crippen LogP contribution in [0.15, 0.2) is 107 Å². The van der Waals surface area contributed by atoms with Gasteiger partial charge in [0.1, 0.15) is 18.3 Å². The van der Waals surface area contributed by atoms with E-state index in [1.54, 1.807) is 61.5 Å². The van der Waals surface area contributed by atoms with Crippen molar-refractivity contribution >= 4 is 62.5 Å². The molecule has 0 saturated carbocycles. The van der Waals surface area contributed by atoms with Crippen LogP contribution in [0.1, 0.15) is 31.9 Å². The third-order valence-electron chi connectivity index (χ3n) is 7.40. The van der Waals surface area contributed by atoms with E-state index in [0.717, 1.165) is 14.8 Å². The number of benzene rings is 4. The van der Waals surface area contributed by atoms with Crippen molar-refractivity contribution in [3.05, 3.63) is 118 Å². The van der Waals surface area contributed by atoms with Gasteiger partial charge in [-0.05, 0) is 86.7 Å². The van der Waals surface area contributed by atoms with Crippen molar-refractivity contribution < 1.29 is 22.7 Å². The van der Waals surface area contributed by atoms with Crippen molar-refractivity contribution in [1.82, 2.24) is 10.2 Å². The number of anilines is 1. The fourth-order valence-electron chi connectivity index (χ4n) is 5.10. The zero-order chi connectivity index (χ0) is 34.8. The van der Waals surface area contributed by atoms with Crippen molar-refractivity contribution in [1.29, 1.82) is 0 Å². The van der Waals surface area contributed by atoms with Gasteiger partial charge in [-0.25, -0.2) is 8.42 Å². The number of nitrogens with one attached hydrogen (secondary N) is 1. The first-order chi connectivity index (χ1) is 22.9. The third kappa shape index (κ3) is 9.47. The number of ether oxygens (including phenoxy) is 1. The molecule has 0 aliphatic rings. The van der Waals surface area contributed by atoms with E-state index in [9.17, 15) is 18.0 Å². The molecule has 0 aliphatic carbocycles. The van der Waals surface area contributed by atoms with E-state index in [2.05, 4.69) is 5.32 Å². The lowest BCUT2D eigenvalue weighted by molar-refractivity contribution is -0.140. The second-order valence-electron chi connectivity index (χ2n) is 11.2. The summed E-state index contributed by atoms with van der Waals surface area (Å²) < 4.78 is 35.7. The zero-order valence-corrected chi connectivity index (χ0v) is 30.4. The van der Waals surface area contributed by atoms with E-state index >= 15 is 0 Å². The zero-order valence-electron chi connectivity index (χ0n) is 27.2. The Bertz CT molecular complexity index is 1810. The Morgan fingerprint density at radius 1 is 0.875 bits per heavy atom. The number of nitrogens with zero attached hydrogens (tertiary/aromatic N) is 2. The second kappa shape index (κ2) is 17.1. The van der Waals surface area contributed by atoms with E-state index in [-0.39, 0.29) is 47.1 Å². The molecule has 2 amide bonds. The quantitative estimate of drug-likeness (QED) is 0.128. The maximum absolute atomic E-state index is 14.7. The first-order valence-corrected chi connectivity index (χ1v) is 18.8. The fraction of sp³-hybridized carbons (Fsp3) is 0.278. The van der Waals surface area contributed by atoms with Crippen LogP contribution in [0.5, 0.6) is 5.75 Å². The lowest BCUT2D eigenvalue weighted by Gasteiger charge is -2.34. The molecule has 8 nitrogen and oxygen atoms in total. The van der Waals surface area contributed by atoms with E-state index in [1.807, 2.05) is 50.4 Å². The minimum Gasteiger partial charge on any atom is -0.492 e. The van der Waals surface area contributed by atoms with Gasteiger partial charge in [-0.1, -0.05) is 71.7 Å². The Balaban J connectivity index is 1.85. The summed E-state index contributed by atoms with van der Waals surface area (Å²) in [5, 5.41) is 3.58. The van der Waals surface area contributed by atoms with Gasteiger partial charge in [0.25, 0.3) is 10.0 Å². The van der Waals surface area contributed by atoms with Crippen LogP contribution in [0.2, 0.25) is 10.0 Å². The Labute approximate surface area is 297 Å². The van der Waals surface area contributed by atoms with Crippen LogP contribution < -0.4 is 14.4 Å². The molecule has 1 unspecified atom stereocenters. The molecule has 0 bridgehead atoms. The van der Waals surface area contributed by atoms with Crippen molar-refractivity contribution in [3.8, 4) is 5.75 Å². The molecule has 48 heavy (non-hydrogen) atoms. The lowest BCUT2D eigenvalue weighted by Crippen LogP contribution is -2.54. The summed E-state index contributed by atoms with van der Waals surface area (Å²) in [7, 11) is -4.30. The summed E-state index contributed by atoms with van der Waals surface area (Å²) in [4.78, 5) is 30.9. The van der Waals surface area contributed by atoms with E-state index in [4.69, 9.17) is 27.9 Å². The fourth-order valence-corrected chi connectivity index (χ4v) is 7.25. The number of sulfonamides is 1. The highest BCUT2D eigenvalue weighted by atomic mass is 35.5. The predicted octanol–water partition coefficient (Wildman–Crippen LogP) is 7.47. The molecule has 0 aromatic heterocycles. The van der Waals surface area contributed by atoms with E-state index < -0.39 is 28.5 Å². The topological polar surface area (TPSA) is 96.0 Å². The number of amides is 2. The van der Waals surface area contributed by atoms with Crippen LogP contribution in [-0.4, -0.2) is 56.6 Å². The molecule has 0 radical (unpaired) electrons. The average molecular weight is 729 g/mol. The summed E-state index contributed by atoms with van der Waals surface area (Å²) in [5.74, 6) is -0.679. The molecule has 1 atom stereocenters. The Morgan fingerprint density at radius 2 is 1.54 bits per heavy atom. The normalized spacial score (nSPS) is 12.0. The Hall–Kier alpha value is -3.70. The van der Waals surface area contributed by atoms with Gasteiger partial charge in [0, 0.05) is 23.9 Å². The number of carbonyl (C=O) groups is 2. The number of carbonyl (C=O) groups excluding carboxylic acids is 2. The van der Waals surface area contributed by atoms with Crippen LogP contribution in [0.3, 0.4) is 0 Å². The van der Waals surface area contributed by atoms with E-state index in [1.165, 1.54) is 28.8 Å². The number of rotatable bonds is 15. The van der Waals surface area contributed by atoms with Crippen molar-refractivity contribution in [3.63, 3.8) is 0 Å². The van der Waals surface area contributed by atoms with Gasteiger partial charge in [-0.3, -0.25) is 13.9 Å². The molecule has 4 rings (SSSR count). The summed E-state index contributed by atoms with van der Waals surface area (Å²) in [5.41, 5.74) is 1.64. The molecule has 1 N–H and O–H groups in total. The highest BCUT2D eigenvalue weighted by molar-refractivity contribution is 7.98. The Kier molecular flexibility index (Phi) is 13.2. The molecular formula is C36H39Cl2N3O5S2. The molecule has 254 valence electrons.